The van der Waals surface area contributed by atoms with Crippen LogP contribution >= 0.6 is 0 Å². The van der Waals surface area contributed by atoms with Crippen LogP contribution in [0.15, 0.2) is 42.5 Å². The number of hydrogen-bond acceptors (Lipinski definition) is 4. The van der Waals surface area contributed by atoms with Gasteiger partial charge in [-0.15, -0.1) is 0 Å². The van der Waals surface area contributed by atoms with Crippen LogP contribution in [0.4, 0.5) is 18.9 Å². The van der Waals surface area contributed by atoms with Crippen molar-refractivity contribution >= 4 is 27.5 Å². The molecular formula is C27H34F3N3O4S. The largest absolute Gasteiger partial charge is 0.352 e. The van der Waals surface area contributed by atoms with Gasteiger partial charge >= 0.3 is 0 Å². The quantitative estimate of drug-likeness (QED) is 0.419. The molecule has 3 rings (SSSR count). The van der Waals surface area contributed by atoms with Crippen molar-refractivity contribution in [3.05, 3.63) is 65.5 Å². The summed E-state index contributed by atoms with van der Waals surface area (Å²) in [6.07, 6.45) is 5.13. The Kier molecular flexibility index (Phi) is 10.2. The van der Waals surface area contributed by atoms with Gasteiger partial charge in [-0.3, -0.25) is 13.9 Å². The van der Waals surface area contributed by atoms with E-state index in [1.807, 2.05) is 0 Å². The number of rotatable bonds is 12. The van der Waals surface area contributed by atoms with E-state index in [1.54, 1.807) is 19.1 Å². The van der Waals surface area contributed by atoms with Crippen LogP contribution in [0.25, 0.3) is 0 Å². The van der Waals surface area contributed by atoms with Crippen molar-refractivity contribution in [3.63, 3.8) is 0 Å². The summed E-state index contributed by atoms with van der Waals surface area (Å²) in [6.45, 7) is 1.73. The summed E-state index contributed by atoms with van der Waals surface area (Å²) in [5, 5.41) is 3.04. The van der Waals surface area contributed by atoms with Gasteiger partial charge in [0.1, 0.15) is 11.9 Å². The Bertz CT molecular complexity index is 1220. The third-order valence-corrected chi connectivity index (χ3v) is 7.89. The maximum absolute atomic E-state index is 13.7. The monoisotopic (exact) mass is 553 g/mol. The van der Waals surface area contributed by atoms with Gasteiger partial charge in [0.25, 0.3) is 0 Å². The highest BCUT2D eigenvalue weighted by atomic mass is 32.2. The fourth-order valence-corrected chi connectivity index (χ4v) is 5.67. The lowest BCUT2D eigenvalue weighted by atomic mass is 10.1. The lowest BCUT2D eigenvalue weighted by Gasteiger charge is -2.32. The van der Waals surface area contributed by atoms with E-state index in [2.05, 4.69) is 5.32 Å². The first-order chi connectivity index (χ1) is 18.0. The van der Waals surface area contributed by atoms with Gasteiger partial charge in [0, 0.05) is 31.6 Å². The zero-order chi connectivity index (χ0) is 27.9. The topological polar surface area (TPSA) is 86.8 Å². The van der Waals surface area contributed by atoms with Crippen molar-refractivity contribution in [2.24, 2.45) is 0 Å². The normalized spacial score (nSPS) is 14.8. The molecule has 0 aliphatic heterocycles. The molecule has 1 N–H and O–H groups in total. The van der Waals surface area contributed by atoms with Crippen molar-refractivity contribution in [3.8, 4) is 0 Å². The van der Waals surface area contributed by atoms with E-state index < -0.39 is 33.5 Å². The Morgan fingerprint density at radius 1 is 1.03 bits per heavy atom. The first-order valence-electron chi connectivity index (χ1n) is 12.8. The number of nitrogens with one attached hydrogen (secondary N) is 1. The molecule has 0 heterocycles. The number of carbonyl (C=O) groups is 2. The summed E-state index contributed by atoms with van der Waals surface area (Å²) in [5.41, 5.74) is 0.593. The maximum Gasteiger partial charge on any atom is 0.243 e. The van der Waals surface area contributed by atoms with Crippen molar-refractivity contribution in [1.82, 2.24) is 10.2 Å². The lowest BCUT2D eigenvalue weighted by molar-refractivity contribution is -0.141. The molecule has 1 atom stereocenters. The molecule has 208 valence electrons. The van der Waals surface area contributed by atoms with E-state index in [9.17, 15) is 31.2 Å². The number of nitrogens with zero attached hydrogens (tertiary/aromatic N) is 2. The van der Waals surface area contributed by atoms with Crippen molar-refractivity contribution in [2.75, 3.05) is 17.1 Å². The standard InChI is InChI=1S/C27H34F3N3O4S/c1-3-25(27(35)31-21-7-4-5-8-21)32(18-19-10-12-20(28)13-11-19)26(34)9-6-16-33(38(2,36)37)22-14-15-23(29)24(30)17-22/h10-15,17,21,25H,3-9,16,18H2,1-2H3,(H,31,35)/t25-/m0/s1. The number of sulfonamides is 1. The SMILES string of the molecule is CC[C@@H](C(=O)NC1CCCC1)N(Cc1ccc(F)cc1)C(=O)CCCN(c1ccc(F)c(F)c1)S(C)(=O)=O. The van der Waals surface area contributed by atoms with E-state index in [-0.39, 0.29) is 49.5 Å². The van der Waals surface area contributed by atoms with Crippen LogP contribution in [-0.4, -0.2) is 50.0 Å². The molecule has 0 aromatic heterocycles. The fraction of sp³-hybridized carbons (Fsp3) is 0.481. The second-order valence-corrected chi connectivity index (χ2v) is 11.5. The molecule has 0 radical (unpaired) electrons. The zero-order valence-electron chi connectivity index (χ0n) is 21.6. The van der Waals surface area contributed by atoms with Crippen LogP contribution in [0.2, 0.25) is 0 Å². The van der Waals surface area contributed by atoms with Gasteiger partial charge in [0.05, 0.1) is 11.9 Å². The summed E-state index contributed by atoms with van der Waals surface area (Å²) in [5.74, 6) is -3.33. The highest BCUT2D eigenvalue weighted by Crippen LogP contribution is 2.23. The number of amides is 2. The molecule has 7 nitrogen and oxygen atoms in total. The molecule has 2 amide bonds. The first-order valence-corrected chi connectivity index (χ1v) is 14.6. The van der Waals surface area contributed by atoms with Gasteiger partial charge in [-0.2, -0.15) is 0 Å². The van der Waals surface area contributed by atoms with Crippen LogP contribution < -0.4 is 9.62 Å². The third-order valence-electron chi connectivity index (χ3n) is 6.70. The molecule has 1 fully saturated rings. The van der Waals surface area contributed by atoms with E-state index in [0.29, 0.717) is 12.0 Å². The summed E-state index contributed by atoms with van der Waals surface area (Å²) in [6, 6.07) is 7.75. The van der Waals surface area contributed by atoms with E-state index in [0.717, 1.165) is 54.4 Å². The van der Waals surface area contributed by atoms with Gasteiger partial charge in [-0.25, -0.2) is 21.6 Å². The zero-order valence-corrected chi connectivity index (χ0v) is 22.4. The van der Waals surface area contributed by atoms with Gasteiger partial charge in [0.2, 0.25) is 21.8 Å². The number of halogens is 3. The molecule has 2 aromatic rings. The van der Waals surface area contributed by atoms with Crippen LogP contribution in [0.5, 0.6) is 0 Å². The molecule has 38 heavy (non-hydrogen) atoms. The summed E-state index contributed by atoms with van der Waals surface area (Å²) in [4.78, 5) is 28.0. The average Bonchev–Trinajstić information content (AvgIpc) is 3.37. The van der Waals surface area contributed by atoms with Crippen LogP contribution in [0.1, 0.15) is 57.4 Å². The van der Waals surface area contributed by atoms with Crippen molar-refractivity contribution < 1.29 is 31.2 Å². The van der Waals surface area contributed by atoms with Gasteiger partial charge in [0.15, 0.2) is 11.6 Å². The van der Waals surface area contributed by atoms with E-state index in [1.165, 1.54) is 17.0 Å². The van der Waals surface area contributed by atoms with Gasteiger partial charge in [-0.05, 0) is 55.5 Å². The second-order valence-electron chi connectivity index (χ2n) is 9.60. The molecule has 0 saturated heterocycles. The molecule has 1 aliphatic rings. The molecule has 1 saturated carbocycles. The first kappa shape index (κ1) is 29.5. The van der Waals surface area contributed by atoms with Crippen molar-refractivity contribution in [2.45, 2.75) is 70.5 Å². The number of anilines is 1. The molecule has 2 aromatic carbocycles. The van der Waals surface area contributed by atoms with Crippen molar-refractivity contribution in [1.29, 1.82) is 0 Å². The van der Waals surface area contributed by atoms with Crippen LogP contribution in [-0.2, 0) is 26.2 Å². The van der Waals surface area contributed by atoms with Gasteiger partial charge < -0.3 is 10.2 Å². The fourth-order valence-electron chi connectivity index (χ4n) is 4.72. The number of hydrogen-bond donors (Lipinski definition) is 1. The Hall–Kier alpha value is -3.08. The minimum absolute atomic E-state index is 0.0515. The molecule has 0 unspecified atom stereocenters. The second kappa shape index (κ2) is 13.1. The molecule has 0 spiro atoms. The smallest absolute Gasteiger partial charge is 0.243 e. The lowest BCUT2D eigenvalue weighted by Crippen LogP contribution is -2.51. The summed E-state index contributed by atoms with van der Waals surface area (Å²) in [7, 11) is -3.85. The van der Waals surface area contributed by atoms with E-state index in [4.69, 9.17) is 0 Å². The third kappa shape index (κ3) is 7.96. The molecule has 0 bridgehead atoms. The number of carbonyl (C=O) groups excluding carboxylic acids is 2. The van der Waals surface area contributed by atoms with Gasteiger partial charge in [-0.1, -0.05) is 31.9 Å². The maximum atomic E-state index is 13.7. The summed E-state index contributed by atoms with van der Waals surface area (Å²) < 4.78 is 66.2. The highest BCUT2D eigenvalue weighted by Gasteiger charge is 2.30. The predicted octanol–water partition coefficient (Wildman–Crippen LogP) is 4.52. The van der Waals surface area contributed by atoms with E-state index >= 15 is 0 Å². The Balaban J connectivity index is 1.76. The molecule has 1 aliphatic carbocycles. The Morgan fingerprint density at radius 2 is 1.68 bits per heavy atom. The van der Waals surface area contributed by atoms with Crippen LogP contribution in [0.3, 0.4) is 0 Å². The summed E-state index contributed by atoms with van der Waals surface area (Å²) >= 11 is 0. The highest BCUT2D eigenvalue weighted by molar-refractivity contribution is 7.92. The molecule has 11 heteroatoms. The minimum atomic E-state index is -3.85. The average molecular weight is 554 g/mol. The Labute approximate surface area is 222 Å². The van der Waals surface area contributed by atoms with Crippen LogP contribution in [0, 0.1) is 17.5 Å². The molecular weight excluding hydrogens is 519 g/mol. The Morgan fingerprint density at radius 3 is 2.26 bits per heavy atom. The number of benzene rings is 2. The minimum Gasteiger partial charge on any atom is -0.352 e. The predicted molar refractivity (Wildman–Crippen MR) is 139 cm³/mol.